The van der Waals surface area contributed by atoms with Crippen molar-refractivity contribution in [2.24, 2.45) is 0 Å². The number of halogens is 1. The number of hydrogen-bond donors (Lipinski definition) is 0. The lowest BCUT2D eigenvalue weighted by Gasteiger charge is -2.36. The monoisotopic (exact) mass is 332 g/mol. The second-order valence-corrected chi connectivity index (χ2v) is 6.44. The highest BCUT2D eigenvalue weighted by atomic mass is 35.5. The molecule has 0 atom stereocenters. The quantitative estimate of drug-likeness (QED) is 0.861. The van der Waals surface area contributed by atoms with E-state index in [1.807, 2.05) is 6.92 Å². The molecule has 1 aliphatic rings. The number of aryl methyl sites for hydroxylation is 1. The van der Waals surface area contributed by atoms with Crippen molar-refractivity contribution >= 4 is 23.2 Å². The summed E-state index contributed by atoms with van der Waals surface area (Å²) >= 11 is 5.93. The maximum absolute atomic E-state index is 5.93. The van der Waals surface area contributed by atoms with Gasteiger partial charge in [0, 0.05) is 43.9 Å². The third-order valence-electron chi connectivity index (χ3n) is 3.89. The molecule has 1 saturated heterocycles. The van der Waals surface area contributed by atoms with Crippen molar-refractivity contribution in [2.45, 2.75) is 26.7 Å². The Morgan fingerprint density at radius 2 is 1.61 bits per heavy atom. The van der Waals surface area contributed by atoms with Crippen molar-refractivity contribution < 1.29 is 0 Å². The molecule has 23 heavy (non-hydrogen) atoms. The Labute approximate surface area is 141 Å². The minimum atomic E-state index is 0.330. The maximum Gasteiger partial charge on any atom is 0.149 e. The van der Waals surface area contributed by atoms with E-state index in [1.165, 1.54) is 0 Å². The average Bonchev–Trinajstić information content (AvgIpc) is 2.54. The smallest absolute Gasteiger partial charge is 0.149 e. The van der Waals surface area contributed by atoms with Crippen LogP contribution in [0.5, 0.6) is 0 Å². The molecule has 0 amide bonds. The molecular formula is C16H21ClN6. The number of rotatable bonds is 3. The van der Waals surface area contributed by atoms with Crippen LogP contribution in [0.4, 0.5) is 11.6 Å². The van der Waals surface area contributed by atoms with Gasteiger partial charge in [-0.15, -0.1) is 0 Å². The summed E-state index contributed by atoms with van der Waals surface area (Å²) in [6, 6.07) is 2.06. The summed E-state index contributed by atoms with van der Waals surface area (Å²) in [6.07, 6.45) is 3.31. The van der Waals surface area contributed by atoms with Crippen LogP contribution in [0.25, 0.3) is 0 Å². The van der Waals surface area contributed by atoms with Gasteiger partial charge in [-0.1, -0.05) is 25.4 Å². The summed E-state index contributed by atoms with van der Waals surface area (Å²) in [4.78, 5) is 22.2. The lowest BCUT2D eigenvalue weighted by atomic mass is 10.2. The van der Waals surface area contributed by atoms with Crippen LogP contribution in [0.3, 0.4) is 0 Å². The molecule has 1 aliphatic heterocycles. The Hall–Kier alpha value is -1.95. The highest BCUT2D eigenvalue weighted by molar-refractivity contribution is 6.29. The van der Waals surface area contributed by atoms with E-state index in [0.29, 0.717) is 11.1 Å². The summed E-state index contributed by atoms with van der Waals surface area (Å²) in [5, 5.41) is 0.429. The Morgan fingerprint density at radius 3 is 2.22 bits per heavy atom. The molecule has 0 N–H and O–H groups in total. The predicted octanol–water partition coefficient (Wildman–Crippen LogP) is 2.68. The standard InChI is InChI=1S/C16H21ClN6/c1-11(2)16-19-12(3)8-14(21-16)22-4-6-23(7-5-22)15-10-18-9-13(17)20-15/h8-11H,4-7H2,1-3H3. The number of aromatic nitrogens is 4. The molecule has 3 heterocycles. The van der Waals surface area contributed by atoms with Gasteiger partial charge in [0.1, 0.15) is 22.6 Å². The van der Waals surface area contributed by atoms with E-state index >= 15 is 0 Å². The molecule has 0 radical (unpaired) electrons. The molecule has 6 nitrogen and oxygen atoms in total. The first kappa shape index (κ1) is 15.9. The molecular weight excluding hydrogens is 312 g/mol. The normalized spacial score (nSPS) is 15.3. The van der Waals surface area contributed by atoms with Crippen molar-refractivity contribution in [3.63, 3.8) is 0 Å². The van der Waals surface area contributed by atoms with E-state index in [4.69, 9.17) is 16.6 Å². The lowest BCUT2D eigenvalue weighted by Crippen LogP contribution is -2.47. The third kappa shape index (κ3) is 3.69. The van der Waals surface area contributed by atoms with Gasteiger partial charge in [0.05, 0.1) is 12.4 Å². The fourth-order valence-electron chi connectivity index (χ4n) is 2.64. The maximum atomic E-state index is 5.93. The Morgan fingerprint density at radius 1 is 0.957 bits per heavy atom. The summed E-state index contributed by atoms with van der Waals surface area (Å²) in [6.45, 7) is 9.78. The molecule has 122 valence electrons. The van der Waals surface area contributed by atoms with Crippen molar-refractivity contribution in [1.82, 2.24) is 19.9 Å². The van der Waals surface area contributed by atoms with E-state index < -0.39 is 0 Å². The zero-order chi connectivity index (χ0) is 16.4. The van der Waals surface area contributed by atoms with Crippen LogP contribution in [-0.4, -0.2) is 46.1 Å². The first-order valence-electron chi connectivity index (χ1n) is 7.86. The zero-order valence-corrected chi connectivity index (χ0v) is 14.5. The number of piperazine rings is 1. The Kier molecular flexibility index (Phi) is 4.61. The van der Waals surface area contributed by atoms with Gasteiger partial charge in [-0.25, -0.2) is 15.0 Å². The molecule has 0 saturated carbocycles. The molecule has 0 unspecified atom stereocenters. The largest absolute Gasteiger partial charge is 0.353 e. The van der Waals surface area contributed by atoms with Crippen LogP contribution in [0, 0.1) is 6.92 Å². The number of hydrogen-bond acceptors (Lipinski definition) is 6. The van der Waals surface area contributed by atoms with Crippen LogP contribution >= 0.6 is 11.6 Å². The third-order valence-corrected chi connectivity index (χ3v) is 4.08. The molecule has 3 rings (SSSR count). The second-order valence-electron chi connectivity index (χ2n) is 6.05. The Balaban J connectivity index is 1.72. The topological polar surface area (TPSA) is 58.0 Å². The predicted molar refractivity (Wildman–Crippen MR) is 92.3 cm³/mol. The summed E-state index contributed by atoms with van der Waals surface area (Å²) in [5.74, 6) is 3.08. The molecule has 0 aromatic carbocycles. The molecule has 1 fully saturated rings. The van der Waals surface area contributed by atoms with Gasteiger partial charge in [-0.2, -0.15) is 0 Å². The Bertz CT molecular complexity index is 682. The zero-order valence-electron chi connectivity index (χ0n) is 13.7. The molecule has 0 bridgehead atoms. The highest BCUT2D eigenvalue weighted by Gasteiger charge is 2.20. The van der Waals surface area contributed by atoms with Crippen molar-refractivity contribution in [1.29, 1.82) is 0 Å². The van der Waals surface area contributed by atoms with E-state index in [2.05, 4.69) is 44.7 Å². The van der Waals surface area contributed by atoms with E-state index in [1.54, 1.807) is 12.4 Å². The van der Waals surface area contributed by atoms with Crippen LogP contribution in [0.15, 0.2) is 18.5 Å². The van der Waals surface area contributed by atoms with Crippen LogP contribution in [0.1, 0.15) is 31.3 Å². The van der Waals surface area contributed by atoms with Gasteiger partial charge in [0.15, 0.2) is 0 Å². The minimum Gasteiger partial charge on any atom is -0.353 e. The highest BCUT2D eigenvalue weighted by Crippen LogP contribution is 2.20. The van der Waals surface area contributed by atoms with E-state index in [-0.39, 0.29) is 0 Å². The second kappa shape index (κ2) is 6.66. The molecule has 0 spiro atoms. The summed E-state index contributed by atoms with van der Waals surface area (Å²) in [7, 11) is 0. The van der Waals surface area contributed by atoms with Gasteiger partial charge in [-0.3, -0.25) is 4.98 Å². The van der Waals surface area contributed by atoms with Crippen LogP contribution < -0.4 is 9.80 Å². The minimum absolute atomic E-state index is 0.330. The van der Waals surface area contributed by atoms with Crippen molar-refractivity contribution in [3.8, 4) is 0 Å². The SMILES string of the molecule is Cc1cc(N2CCN(c3cncc(Cl)n3)CC2)nc(C(C)C)n1. The van der Waals surface area contributed by atoms with Gasteiger partial charge in [0.2, 0.25) is 0 Å². The van der Waals surface area contributed by atoms with Crippen LogP contribution in [0.2, 0.25) is 5.15 Å². The average molecular weight is 333 g/mol. The van der Waals surface area contributed by atoms with Gasteiger partial charge >= 0.3 is 0 Å². The summed E-state index contributed by atoms with van der Waals surface area (Å²) < 4.78 is 0. The van der Waals surface area contributed by atoms with Gasteiger partial charge < -0.3 is 9.80 Å². The van der Waals surface area contributed by atoms with Gasteiger partial charge in [-0.05, 0) is 6.92 Å². The fourth-order valence-corrected chi connectivity index (χ4v) is 2.79. The van der Waals surface area contributed by atoms with E-state index in [0.717, 1.165) is 49.3 Å². The molecule has 7 heteroatoms. The van der Waals surface area contributed by atoms with E-state index in [9.17, 15) is 0 Å². The first-order chi connectivity index (χ1) is 11.0. The number of anilines is 2. The first-order valence-corrected chi connectivity index (χ1v) is 8.24. The number of nitrogens with zero attached hydrogens (tertiary/aromatic N) is 6. The van der Waals surface area contributed by atoms with Gasteiger partial charge in [0.25, 0.3) is 0 Å². The van der Waals surface area contributed by atoms with Crippen molar-refractivity contribution in [2.75, 3.05) is 36.0 Å². The molecule has 0 aliphatic carbocycles. The fraction of sp³-hybridized carbons (Fsp3) is 0.500. The van der Waals surface area contributed by atoms with Crippen LogP contribution in [-0.2, 0) is 0 Å². The van der Waals surface area contributed by atoms with Crippen molar-refractivity contribution in [3.05, 3.63) is 35.1 Å². The molecule has 2 aromatic heterocycles. The molecule has 2 aromatic rings. The lowest BCUT2D eigenvalue weighted by molar-refractivity contribution is 0.635. The summed E-state index contributed by atoms with van der Waals surface area (Å²) in [5.41, 5.74) is 1.02.